The van der Waals surface area contributed by atoms with Gasteiger partial charge in [-0.1, -0.05) is 26.2 Å². The number of hydrogen-bond acceptors (Lipinski definition) is 3. The Kier molecular flexibility index (Phi) is 11.2. The van der Waals surface area contributed by atoms with E-state index in [2.05, 4.69) is 17.6 Å². The van der Waals surface area contributed by atoms with Crippen molar-refractivity contribution >= 4 is 29.9 Å². The molecule has 6 heteroatoms. The third kappa shape index (κ3) is 7.98. The maximum atomic E-state index is 9.45. The largest absolute Gasteiger partial charge is 0.469 e. The van der Waals surface area contributed by atoms with Gasteiger partial charge < -0.3 is 20.2 Å². The highest BCUT2D eigenvalue weighted by Crippen LogP contribution is 2.39. The first-order chi connectivity index (χ1) is 11.8. The first kappa shape index (κ1) is 22.3. The van der Waals surface area contributed by atoms with Crippen molar-refractivity contribution in [2.75, 3.05) is 26.2 Å². The normalized spacial score (nSPS) is 17.0. The molecule has 2 rings (SSSR count). The predicted molar refractivity (Wildman–Crippen MR) is 114 cm³/mol. The zero-order valence-electron chi connectivity index (χ0n) is 15.4. The maximum Gasteiger partial charge on any atom is 0.191 e. The van der Waals surface area contributed by atoms with Crippen LogP contribution in [0.25, 0.3) is 0 Å². The van der Waals surface area contributed by atoms with Crippen molar-refractivity contribution in [3.63, 3.8) is 0 Å². The summed E-state index contributed by atoms with van der Waals surface area (Å²) in [5, 5.41) is 16.2. The predicted octanol–water partition coefficient (Wildman–Crippen LogP) is 3.72. The zero-order valence-corrected chi connectivity index (χ0v) is 17.8. The molecule has 0 atom stereocenters. The van der Waals surface area contributed by atoms with Crippen LogP contribution in [0.5, 0.6) is 0 Å². The van der Waals surface area contributed by atoms with Gasteiger partial charge in [-0.05, 0) is 43.2 Å². The van der Waals surface area contributed by atoms with Gasteiger partial charge in [0.15, 0.2) is 5.96 Å². The molecule has 0 aromatic carbocycles. The summed E-state index contributed by atoms with van der Waals surface area (Å²) in [6.45, 7) is 4.93. The average Bonchev–Trinajstić information content (AvgIpc) is 3.11. The summed E-state index contributed by atoms with van der Waals surface area (Å²) < 4.78 is 5.37. The fraction of sp³-hybridized carbons (Fsp3) is 0.737. The molecule has 1 saturated carbocycles. The van der Waals surface area contributed by atoms with E-state index in [1.54, 1.807) is 6.26 Å². The Labute approximate surface area is 169 Å². The molecule has 0 saturated heterocycles. The Balaban J connectivity index is 0.00000312. The molecule has 3 N–H and O–H groups in total. The summed E-state index contributed by atoms with van der Waals surface area (Å²) in [5.41, 5.74) is 0.189. The van der Waals surface area contributed by atoms with Gasteiger partial charge in [0.1, 0.15) is 5.76 Å². The quantitative estimate of drug-likeness (QED) is 0.297. The van der Waals surface area contributed by atoms with Gasteiger partial charge in [0.2, 0.25) is 0 Å². The lowest BCUT2D eigenvalue weighted by atomic mass is 9.72. The van der Waals surface area contributed by atoms with E-state index in [1.807, 2.05) is 12.1 Å². The Hall–Kier alpha value is -0.760. The van der Waals surface area contributed by atoms with Crippen molar-refractivity contribution in [1.82, 2.24) is 10.6 Å². The van der Waals surface area contributed by atoms with Gasteiger partial charge in [-0.3, -0.25) is 4.99 Å². The monoisotopic (exact) mass is 463 g/mol. The van der Waals surface area contributed by atoms with E-state index in [1.165, 1.54) is 32.1 Å². The van der Waals surface area contributed by atoms with Crippen LogP contribution < -0.4 is 10.6 Å². The highest BCUT2D eigenvalue weighted by Gasteiger charge is 2.31. The molecule has 0 unspecified atom stereocenters. The number of aliphatic imine (C=N–C) groups is 1. The standard InChI is InChI=1S/C19H33N3O2.HI/c1-2-12-20-18(21-13-8-17-7-6-15-24-17)22-16-19(11-14-23)9-4-3-5-10-19;/h6-7,15,23H,2-5,8-14,16H2,1H3,(H2,20,21,22);1H. The van der Waals surface area contributed by atoms with E-state index in [-0.39, 0.29) is 36.0 Å². The lowest BCUT2D eigenvalue weighted by Crippen LogP contribution is -2.40. The molecule has 0 bridgehead atoms. The number of guanidine groups is 1. The second kappa shape index (κ2) is 12.6. The minimum Gasteiger partial charge on any atom is -0.469 e. The fourth-order valence-corrected chi connectivity index (χ4v) is 3.45. The summed E-state index contributed by atoms with van der Waals surface area (Å²) in [6.07, 6.45) is 10.7. The molecule has 0 amide bonds. The number of nitrogens with one attached hydrogen (secondary N) is 2. The zero-order chi connectivity index (χ0) is 17.1. The summed E-state index contributed by atoms with van der Waals surface area (Å²) in [6, 6.07) is 3.91. The number of hydrogen-bond donors (Lipinski definition) is 3. The molecule has 0 aliphatic heterocycles. The number of aliphatic hydroxyl groups is 1. The van der Waals surface area contributed by atoms with Crippen LogP contribution in [-0.4, -0.2) is 37.3 Å². The van der Waals surface area contributed by atoms with Gasteiger partial charge in [-0.15, -0.1) is 24.0 Å². The number of aliphatic hydroxyl groups excluding tert-OH is 1. The maximum absolute atomic E-state index is 9.45. The summed E-state index contributed by atoms with van der Waals surface area (Å²) in [7, 11) is 0. The van der Waals surface area contributed by atoms with Crippen molar-refractivity contribution in [2.45, 2.75) is 58.3 Å². The van der Waals surface area contributed by atoms with Crippen LogP contribution in [0.4, 0.5) is 0 Å². The van der Waals surface area contributed by atoms with Crippen LogP contribution in [0.3, 0.4) is 0 Å². The molecule has 1 aromatic rings. The topological polar surface area (TPSA) is 69.8 Å². The van der Waals surface area contributed by atoms with Crippen molar-refractivity contribution in [3.8, 4) is 0 Å². The van der Waals surface area contributed by atoms with Gasteiger partial charge in [0.05, 0.1) is 6.26 Å². The lowest BCUT2D eigenvalue weighted by molar-refractivity contribution is 0.137. The van der Waals surface area contributed by atoms with E-state index >= 15 is 0 Å². The third-order valence-corrected chi connectivity index (χ3v) is 4.92. The smallest absolute Gasteiger partial charge is 0.191 e. The molecule has 5 nitrogen and oxygen atoms in total. The van der Waals surface area contributed by atoms with Crippen LogP contribution in [0, 0.1) is 5.41 Å². The average molecular weight is 463 g/mol. The summed E-state index contributed by atoms with van der Waals surface area (Å²) in [5.74, 6) is 1.87. The van der Waals surface area contributed by atoms with Gasteiger partial charge in [0, 0.05) is 32.7 Å². The molecule has 0 spiro atoms. The molecule has 25 heavy (non-hydrogen) atoms. The minimum absolute atomic E-state index is 0. The first-order valence-corrected chi connectivity index (χ1v) is 9.43. The number of furan rings is 1. The highest BCUT2D eigenvalue weighted by molar-refractivity contribution is 14.0. The Bertz CT molecular complexity index is 466. The second-order valence-corrected chi connectivity index (χ2v) is 6.88. The number of rotatable bonds is 9. The Morgan fingerprint density at radius 1 is 1.24 bits per heavy atom. The molecule has 1 heterocycles. The van der Waals surface area contributed by atoms with Gasteiger partial charge in [-0.25, -0.2) is 0 Å². The lowest BCUT2D eigenvalue weighted by Gasteiger charge is -2.35. The fourth-order valence-electron chi connectivity index (χ4n) is 3.45. The van der Waals surface area contributed by atoms with Gasteiger partial charge >= 0.3 is 0 Å². The molecule has 1 aliphatic carbocycles. The third-order valence-electron chi connectivity index (χ3n) is 4.92. The molecular formula is C19H34IN3O2. The van der Waals surface area contributed by atoms with Gasteiger partial charge in [0.25, 0.3) is 0 Å². The van der Waals surface area contributed by atoms with Gasteiger partial charge in [-0.2, -0.15) is 0 Å². The van der Waals surface area contributed by atoms with Crippen molar-refractivity contribution in [2.24, 2.45) is 10.4 Å². The van der Waals surface area contributed by atoms with E-state index < -0.39 is 0 Å². The van der Waals surface area contributed by atoms with Crippen molar-refractivity contribution < 1.29 is 9.52 Å². The highest BCUT2D eigenvalue weighted by atomic mass is 127. The van der Waals surface area contributed by atoms with Crippen molar-refractivity contribution in [1.29, 1.82) is 0 Å². The Morgan fingerprint density at radius 3 is 2.64 bits per heavy atom. The molecule has 1 aliphatic rings. The molecule has 1 aromatic heterocycles. The first-order valence-electron chi connectivity index (χ1n) is 9.43. The van der Waals surface area contributed by atoms with Crippen LogP contribution >= 0.6 is 24.0 Å². The number of halogens is 1. The van der Waals surface area contributed by atoms with Crippen LogP contribution in [0.2, 0.25) is 0 Å². The van der Waals surface area contributed by atoms with E-state index in [0.717, 1.165) is 50.6 Å². The van der Waals surface area contributed by atoms with Crippen LogP contribution in [0.1, 0.15) is 57.6 Å². The van der Waals surface area contributed by atoms with Crippen LogP contribution in [-0.2, 0) is 6.42 Å². The second-order valence-electron chi connectivity index (χ2n) is 6.88. The molecule has 144 valence electrons. The van der Waals surface area contributed by atoms with E-state index in [0.29, 0.717) is 0 Å². The van der Waals surface area contributed by atoms with E-state index in [9.17, 15) is 5.11 Å². The molecule has 0 radical (unpaired) electrons. The summed E-state index contributed by atoms with van der Waals surface area (Å²) >= 11 is 0. The number of nitrogens with zero attached hydrogens (tertiary/aromatic N) is 1. The molecule has 1 fully saturated rings. The van der Waals surface area contributed by atoms with E-state index in [4.69, 9.17) is 9.41 Å². The van der Waals surface area contributed by atoms with Crippen molar-refractivity contribution in [3.05, 3.63) is 24.2 Å². The minimum atomic E-state index is 0. The summed E-state index contributed by atoms with van der Waals surface area (Å²) in [4.78, 5) is 4.85. The molecular weight excluding hydrogens is 429 g/mol. The Morgan fingerprint density at radius 2 is 2.00 bits per heavy atom. The van der Waals surface area contributed by atoms with Crippen LogP contribution in [0.15, 0.2) is 27.8 Å². The SMILES string of the molecule is CCCNC(=NCC1(CCO)CCCCC1)NCCc1ccco1.I.